The van der Waals surface area contributed by atoms with Gasteiger partial charge in [-0.25, -0.2) is 4.98 Å². The Morgan fingerprint density at radius 2 is 2.04 bits per heavy atom. The maximum Gasteiger partial charge on any atom is 0.193 e. The molecule has 0 amide bonds. The van der Waals surface area contributed by atoms with Crippen LogP contribution in [-0.4, -0.2) is 54.7 Å². The van der Waals surface area contributed by atoms with Gasteiger partial charge in [0, 0.05) is 50.0 Å². The van der Waals surface area contributed by atoms with Gasteiger partial charge in [-0.05, 0) is 26.7 Å². The van der Waals surface area contributed by atoms with Crippen LogP contribution in [0.4, 0.5) is 0 Å². The highest BCUT2D eigenvalue weighted by Crippen LogP contribution is 2.24. The highest BCUT2D eigenvalue weighted by Gasteiger charge is 2.21. The quantitative estimate of drug-likeness (QED) is 0.368. The predicted octanol–water partition coefficient (Wildman–Crippen LogP) is 4.07. The lowest BCUT2D eigenvalue weighted by atomic mass is 9.93. The second-order valence-electron chi connectivity index (χ2n) is 7.50. The summed E-state index contributed by atoms with van der Waals surface area (Å²) in [6.07, 6.45) is 3.49. The van der Waals surface area contributed by atoms with Crippen LogP contribution < -0.4 is 5.32 Å². The van der Waals surface area contributed by atoms with E-state index in [0.29, 0.717) is 6.10 Å². The Hall–Kier alpha value is -0.410. The molecule has 1 N–H and O–H groups in total. The van der Waals surface area contributed by atoms with Crippen molar-refractivity contribution in [2.75, 3.05) is 32.8 Å². The van der Waals surface area contributed by atoms with E-state index in [1.165, 1.54) is 10.7 Å². The minimum atomic E-state index is 0. The number of halogens is 1. The number of guanidine groups is 1. The summed E-state index contributed by atoms with van der Waals surface area (Å²) in [5.74, 6) is 1.03. The van der Waals surface area contributed by atoms with Crippen LogP contribution in [0.15, 0.2) is 10.4 Å². The fraction of sp³-hybridized carbons (Fsp3) is 0.789. The number of piperidine rings is 1. The van der Waals surface area contributed by atoms with Gasteiger partial charge in [0.1, 0.15) is 0 Å². The first kappa shape index (κ1) is 23.6. The minimum absolute atomic E-state index is 0. The topological polar surface area (TPSA) is 49.8 Å². The van der Waals surface area contributed by atoms with Crippen molar-refractivity contribution in [2.45, 2.75) is 65.4 Å². The highest BCUT2D eigenvalue weighted by atomic mass is 127. The summed E-state index contributed by atoms with van der Waals surface area (Å²) >= 11 is 1.75. The lowest BCUT2D eigenvalue weighted by molar-refractivity contribution is 0.0264. The average Bonchev–Trinajstić information content (AvgIpc) is 3.04. The van der Waals surface area contributed by atoms with E-state index in [2.05, 4.69) is 50.2 Å². The van der Waals surface area contributed by atoms with Crippen LogP contribution in [0.1, 0.15) is 58.2 Å². The van der Waals surface area contributed by atoms with E-state index in [1.54, 1.807) is 11.3 Å². The van der Waals surface area contributed by atoms with Gasteiger partial charge in [0.2, 0.25) is 0 Å². The summed E-state index contributed by atoms with van der Waals surface area (Å²) in [7, 11) is 0. The molecule has 0 aromatic carbocycles. The van der Waals surface area contributed by atoms with Gasteiger partial charge in [-0.1, -0.05) is 20.8 Å². The molecule has 0 spiro atoms. The summed E-state index contributed by atoms with van der Waals surface area (Å²) in [4.78, 5) is 12.0. The molecule has 1 aliphatic heterocycles. The number of aromatic nitrogens is 1. The SMILES string of the molecule is CCNC(=NCCc1nc(C(C)(C)C)cs1)N1CCC(OCC)CC1.I. The second kappa shape index (κ2) is 11.4. The number of hydrogen-bond donors (Lipinski definition) is 1. The standard InChI is InChI=1S/C19H34N4OS.HI/c1-6-20-18(23-12-9-15(10-13-23)24-7-2)21-11-8-17-22-16(14-25-17)19(3,4)5;/h14-15H,6-13H2,1-5H3,(H,20,21);1H. The van der Waals surface area contributed by atoms with Crippen LogP contribution in [0.25, 0.3) is 0 Å². The Bertz CT molecular complexity index is 548. The van der Waals surface area contributed by atoms with Gasteiger partial charge in [0.25, 0.3) is 0 Å². The fourth-order valence-corrected chi connectivity index (χ4v) is 3.94. The average molecular weight is 494 g/mol. The molecular formula is C19H35IN4OS. The zero-order valence-electron chi connectivity index (χ0n) is 16.9. The second-order valence-corrected chi connectivity index (χ2v) is 8.45. The van der Waals surface area contributed by atoms with Crippen molar-refractivity contribution in [1.29, 1.82) is 0 Å². The van der Waals surface area contributed by atoms with Gasteiger partial charge >= 0.3 is 0 Å². The van der Waals surface area contributed by atoms with Crippen molar-refractivity contribution in [3.05, 3.63) is 16.1 Å². The summed E-state index contributed by atoms with van der Waals surface area (Å²) in [5.41, 5.74) is 1.30. The third-order valence-electron chi connectivity index (χ3n) is 4.39. The van der Waals surface area contributed by atoms with Crippen molar-refractivity contribution >= 4 is 41.3 Å². The van der Waals surface area contributed by atoms with Gasteiger partial charge in [0.15, 0.2) is 5.96 Å². The summed E-state index contributed by atoms with van der Waals surface area (Å²) in [6.45, 7) is 15.3. The molecule has 0 aliphatic carbocycles. The van der Waals surface area contributed by atoms with Crippen molar-refractivity contribution in [3.8, 4) is 0 Å². The normalized spacial score (nSPS) is 16.5. The molecule has 1 fully saturated rings. The monoisotopic (exact) mass is 494 g/mol. The minimum Gasteiger partial charge on any atom is -0.378 e. The molecule has 0 saturated carbocycles. The number of ether oxygens (including phenoxy) is 1. The van der Waals surface area contributed by atoms with Crippen LogP contribution >= 0.6 is 35.3 Å². The molecule has 2 heterocycles. The van der Waals surface area contributed by atoms with Gasteiger partial charge in [0.05, 0.1) is 16.8 Å². The molecule has 26 heavy (non-hydrogen) atoms. The number of hydrogen-bond acceptors (Lipinski definition) is 4. The Labute approximate surface area is 180 Å². The third-order valence-corrected chi connectivity index (χ3v) is 5.29. The van der Waals surface area contributed by atoms with Gasteiger partial charge in [-0.3, -0.25) is 4.99 Å². The molecule has 1 saturated heterocycles. The number of likely N-dealkylation sites (tertiary alicyclic amines) is 1. The van der Waals surface area contributed by atoms with Gasteiger partial charge in [-0.2, -0.15) is 0 Å². The van der Waals surface area contributed by atoms with E-state index in [1.807, 2.05) is 0 Å². The van der Waals surface area contributed by atoms with E-state index in [9.17, 15) is 0 Å². The molecule has 5 nitrogen and oxygen atoms in total. The lowest BCUT2D eigenvalue weighted by Gasteiger charge is -2.34. The van der Waals surface area contributed by atoms with E-state index >= 15 is 0 Å². The number of nitrogens with zero attached hydrogens (tertiary/aromatic N) is 3. The number of aliphatic imine (C=N–C) groups is 1. The summed E-state index contributed by atoms with van der Waals surface area (Å²) < 4.78 is 5.75. The van der Waals surface area contributed by atoms with E-state index in [0.717, 1.165) is 58.0 Å². The molecule has 0 unspecified atom stereocenters. The Morgan fingerprint density at radius 1 is 1.35 bits per heavy atom. The fourth-order valence-electron chi connectivity index (χ4n) is 2.92. The molecule has 1 aromatic heterocycles. The molecule has 150 valence electrons. The van der Waals surface area contributed by atoms with Crippen molar-refractivity contribution < 1.29 is 4.74 Å². The first-order chi connectivity index (χ1) is 11.9. The Morgan fingerprint density at radius 3 is 2.58 bits per heavy atom. The first-order valence-corrected chi connectivity index (χ1v) is 10.4. The molecule has 0 atom stereocenters. The van der Waals surface area contributed by atoms with Crippen LogP contribution in [-0.2, 0) is 16.6 Å². The Balaban J connectivity index is 0.00000338. The van der Waals surface area contributed by atoms with Crippen molar-refractivity contribution in [1.82, 2.24) is 15.2 Å². The number of rotatable bonds is 6. The van der Waals surface area contributed by atoms with Crippen LogP contribution in [0.3, 0.4) is 0 Å². The molecule has 7 heteroatoms. The maximum atomic E-state index is 5.75. The molecular weight excluding hydrogens is 459 g/mol. The van der Waals surface area contributed by atoms with Crippen molar-refractivity contribution in [2.24, 2.45) is 4.99 Å². The van der Waals surface area contributed by atoms with Gasteiger partial charge < -0.3 is 15.0 Å². The smallest absolute Gasteiger partial charge is 0.193 e. The molecule has 1 aromatic rings. The third kappa shape index (κ3) is 7.31. The first-order valence-electron chi connectivity index (χ1n) is 9.53. The maximum absolute atomic E-state index is 5.75. The van der Waals surface area contributed by atoms with Gasteiger partial charge in [-0.15, -0.1) is 35.3 Å². The highest BCUT2D eigenvalue weighted by molar-refractivity contribution is 14.0. The predicted molar refractivity (Wildman–Crippen MR) is 122 cm³/mol. The van der Waals surface area contributed by atoms with Crippen LogP contribution in [0.5, 0.6) is 0 Å². The van der Waals surface area contributed by atoms with E-state index in [4.69, 9.17) is 14.7 Å². The molecule has 0 bridgehead atoms. The Kier molecular flexibility index (Phi) is 10.4. The summed E-state index contributed by atoms with van der Waals surface area (Å²) in [6, 6.07) is 0. The zero-order chi connectivity index (χ0) is 18.3. The molecule has 1 aliphatic rings. The number of nitrogens with one attached hydrogen (secondary N) is 1. The zero-order valence-corrected chi connectivity index (χ0v) is 20.0. The van der Waals surface area contributed by atoms with E-state index < -0.39 is 0 Å². The number of thiazole rings is 1. The summed E-state index contributed by atoms with van der Waals surface area (Å²) in [5, 5.41) is 6.80. The van der Waals surface area contributed by atoms with Crippen LogP contribution in [0.2, 0.25) is 0 Å². The molecule has 2 rings (SSSR count). The molecule has 0 radical (unpaired) electrons. The van der Waals surface area contributed by atoms with Crippen LogP contribution in [0, 0.1) is 0 Å². The van der Waals surface area contributed by atoms with Crippen molar-refractivity contribution in [3.63, 3.8) is 0 Å². The largest absolute Gasteiger partial charge is 0.378 e. The lowest BCUT2D eigenvalue weighted by Crippen LogP contribution is -2.47. The van der Waals surface area contributed by atoms with E-state index in [-0.39, 0.29) is 29.4 Å².